The zero-order valence-electron chi connectivity index (χ0n) is 14.9. The Kier molecular flexibility index (Phi) is 6.34. The summed E-state index contributed by atoms with van der Waals surface area (Å²) in [6, 6.07) is 6.42. The number of ether oxygens (including phenoxy) is 1. The quantitative estimate of drug-likeness (QED) is 0.754. The molecule has 0 bridgehead atoms. The average molecular weight is 352 g/mol. The van der Waals surface area contributed by atoms with Crippen molar-refractivity contribution in [1.82, 2.24) is 9.78 Å². The molecule has 0 aliphatic carbocycles. The van der Waals surface area contributed by atoms with E-state index in [0.717, 1.165) is 17.0 Å². The zero-order valence-corrected chi connectivity index (χ0v) is 14.9. The van der Waals surface area contributed by atoms with E-state index in [1.165, 1.54) is 12.1 Å². The van der Waals surface area contributed by atoms with Gasteiger partial charge in [0.25, 0.3) is 0 Å². The van der Waals surface area contributed by atoms with E-state index in [-0.39, 0.29) is 12.4 Å². The molecule has 26 heavy (non-hydrogen) atoms. The van der Waals surface area contributed by atoms with E-state index in [1.807, 2.05) is 6.92 Å². The van der Waals surface area contributed by atoms with Gasteiger partial charge < -0.3 is 10.5 Å². The van der Waals surface area contributed by atoms with Crippen LogP contribution in [0.5, 0.6) is 5.75 Å². The lowest BCUT2D eigenvalue weighted by molar-refractivity contribution is 0.303. The van der Waals surface area contributed by atoms with E-state index in [1.54, 1.807) is 42.0 Å². The molecule has 0 fully saturated rings. The molecule has 2 aromatic rings. The van der Waals surface area contributed by atoms with Crippen LogP contribution >= 0.6 is 0 Å². The Bertz CT molecular complexity index is 903. The number of nitrogen functional groups attached to an aromatic ring is 1. The minimum absolute atomic E-state index is 0.216. The Labute approximate surface area is 152 Å². The van der Waals surface area contributed by atoms with E-state index in [0.29, 0.717) is 23.6 Å². The number of nitrogens with zero attached hydrogens (tertiary/aromatic N) is 3. The highest BCUT2D eigenvalue weighted by Gasteiger charge is 2.15. The molecule has 0 aliphatic rings. The van der Waals surface area contributed by atoms with Gasteiger partial charge >= 0.3 is 0 Å². The van der Waals surface area contributed by atoms with Crippen molar-refractivity contribution in [2.45, 2.75) is 26.9 Å². The fraction of sp³-hybridized carbons (Fsp3) is 0.200. The van der Waals surface area contributed by atoms with E-state index >= 15 is 0 Å². The number of aromatic nitrogens is 2. The number of aryl methyl sites for hydroxylation is 1. The molecule has 0 aliphatic heterocycles. The summed E-state index contributed by atoms with van der Waals surface area (Å²) in [6.45, 7) is 7.58. The summed E-state index contributed by atoms with van der Waals surface area (Å²) in [5.74, 6) is 0.640. The van der Waals surface area contributed by atoms with Gasteiger partial charge in [0, 0.05) is 5.69 Å². The maximum absolute atomic E-state index is 13.2. The second-order valence-electron chi connectivity index (χ2n) is 5.65. The van der Waals surface area contributed by atoms with Crippen molar-refractivity contribution in [1.29, 1.82) is 5.26 Å². The second kappa shape index (κ2) is 8.67. The summed E-state index contributed by atoms with van der Waals surface area (Å²) in [4.78, 5) is 0. The van der Waals surface area contributed by atoms with Crippen LogP contribution in [0.4, 0.5) is 10.2 Å². The molecule has 0 amide bonds. The minimum Gasteiger partial charge on any atom is -0.488 e. The lowest BCUT2D eigenvalue weighted by Gasteiger charge is -2.10. The number of nitriles is 1. The molecule has 2 rings (SSSR count). The molecule has 134 valence electrons. The van der Waals surface area contributed by atoms with Crippen molar-refractivity contribution in [2.24, 2.45) is 0 Å². The van der Waals surface area contributed by atoms with Crippen molar-refractivity contribution >= 4 is 11.5 Å². The van der Waals surface area contributed by atoms with Crippen LogP contribution in [0, 0.1) is 31.0 Å². The molecular weight excluding hydrogens is 331 g/mol. The summed E-state index contributed by atoms with van der Waals surface area (Å²) < 4.78 is 20.7. The van der Waals surface area contributed by atoms with Crippen molar-refractivity contribution < 1.29 is 9.13 Å². The molecule has 0 atom stereocenters. The van der Waals surface area contributed by atoms with Gasteiger partial charge in [-0.15, -0.1) is 0 Å². The summed E-state index contributed by atoms with van der Waals surface area (Å²) in [5, 5.41) is 13.0. The van der Waals surface area contributed by atoms with Gasteiger partial charge in [-0.1, -0.05) is 18.7 Å². The molecule has 1 aromatic carbocycles. The molecule has 0 saturated heterocycles. The Hall–Kier alpha value is -3.33. The Morgan fingerprint density at radius 3 is 2.88 bits per heavy atom. The average Bonchev–Trinajstić information content (AvgIpc) is 2.88. The molecular formula is C20H21FN4O. The largest absolute Gasteiger partial charge is 0.488 e. The number of benzene rings is 1. The number of anilines is 1. The third-order valence-electron chi connectivity index (χ3n) is 3.81. The van der Waals surface area contributed by atoms with Crippen molar-refractivity contribution in [3.63, 3.8) is 0 Å². The number of nitrogens with two attached hydrogens (primary N) is 1. The first-order valence-electron chi connectivity index (χ1n) is 8.07. The van der Waals surface area contributed by atoms with Gasteiger partial charge in [-0.3, -0.25) is 0 Å². The topological polar surface area (TPSA) is 76.9 Å². The molecule has 2 N–H and O–H groups in total. The van der Waals surface area contributed by atoms with E-state index < -0.39 is 0 Å². The maximum atomic E-state index is 13.2. The van der Waals surface area contributed by atoms with E-state index in [9.17, 15) is 4.39 Å². The van der Waals surface area contributed by atoms with Crippen LogP contribution in [0.2, 0.25) is 0 Å². The summed E-state index contributed by atoms with van der Waals surface area (Å²) in [5.41, 5.74) is 9.07. The lowest BCUT2D eigenvalue weighted by atomic mass is 10.2. The number of hydrogen-bond acceptors (Lipinski definition) is 4. The third kappa shape index (κ3) is 4.39. The van der Waals surface area contributed by atoms with Gasteiger partial charge in [0.1, 0.15) is 18.2 Å². The van der Waals surface area contributed by atoms with Crippen LogP contribution in [-0.2, 0) is 6.61 Å². The summed E-state index contributed by atoms with van der Waals surface area (Å²) in [6.07, 6.45) is 7.25. The molecule has 5 nitrogen and oxygen atoms in total. The standard InChI is InChI=1S/C20H21FN4O/c1-4-7-17(8-5-6-11-22)25-15(3)18(20(23)24-25)13-26-19-10-9-16(21)12-14(19)2/h4-5,7-10,12H,1,6,13H2,2-3H3,(H2,23,24)/b8-5-,17-7+. The SMILES string of the molecule is C=C/C=C(\C=C/CC#N)n1nc(N)c(COc2ccc(F)cc2C)c1C. The Morgan fingerprint density at radius 2 is 2.23 bits per heavy atom. The Balaban J connectivity index is 2.27. The number of rotatable bonds is 7. The zero-order chi connectivity index (χ0) is 19.1. The monoisotopic (exact) mass is 352 g/mol. The van der Waals surface area contributed by atoms with Crippen LogP contribution < -0.4 is 10.5 Å². The van der Waals surface area contributed by atoms with Crippen LogP contribution in [0.3, 0.4) is 0 Å². The highest BCUT2D eigenvalue weighted by molar-refractivity contribution is 5.61. The van der Waals surface area contributed by atoms with Gasteiger partial charge in [0.2, 0.25) is 0 Å². The van der Waals surface area contributed by atoms with Crippen molar-refractivity contribution in [3.05, 3.63) is 71.7 Å². The first-order valence-corrected chi connectivity index (χ1v) is 8.07. The smallest absolute Gasteiger partial charge is 0.152 e. The van der Waals surface area contributed by atoms with Crippen LogP contribution in [0.25, 0.3) is 5.70 Å². The molecule has 0 spiro atoms. The molecule has 6 heteroatoms. The number of hydrogen-bond donors (Lipinski definition) is 1. The highest BCUT2D eigenvalue weighted by Crippen LogP contribution is 2.24. The van der Waals surface area contributed by atoms with Gasteiger partial charge in [0.05, 0.1) is 23.8 Å². The van der Waals surface area contributed by atoms with Crippen molar-refractivity contribution in [2.75, 3.05) is 5.73 Å². The first kappa shape index (κ1) is 19.0. The normalized spacial score (nSPS) is 11.5. The van der Waals surface area contributed by atoms with Crippen LogP contribution in [-0.4, -0.2) is 9.78 Å². The fourth-order valence-electron chi connectivity index (χ4n) is 2.46. The van der Waals surface area contributed by atoms with Crippen LogP contribution in [0.1, 0.15) is 23.2 Å². The van der Waals surface area contributed by atoms with Gasteiger partial charge in [-0.05, 0) is 49.8 Å². The van der Waals surface area contributed by atoms with Gasteiger partial charge in [-0.25, -0.2) is 9.07 Å². The van der Waals surface area contributed by atoms with Crippen LogP contribution in [0.15, 0.2) is 49.1 Å². The number of allylic oxidation sites excluding steroid dienone is 5. The second-order valence-corrected chi connectivity index (χ2v) is 5.65. The maximum Gasteiger partial charge on any atom is 0.152 e. The Morgan fingerprint density at radius 1 is 1.46 bits per heavy atom. The van der Waals surface area contributed by atoms with Gasteiger partial charge in [-0.2, -0.15) is 10.4 Å². The highest BCUT2D eigenvalue weighted by atomic mass is 19.1. The minimum atomic E-state index is -0.304. The molecule has 0 saturated carbocycles. The van der Waals surface area contributed by atoms with E-state index in [2.05, 4.69) is 17.7 Å². The first-order chi connectivity index (χ1) is 12.5. The van der Waals surface area contributed by atoms with Crippen molar-refractivity contribution in [3.8, 4) is 11.8 Å². The molecule has 0 radical (unpaired) electrons. The summed E-state index contributed by atoms with van der Waals surface area (Å²) in [7, 11) is 0. The third-order valence-corrected chi connectivity index (χ3v) is 3.81. The fourth-order valence-corrected chi connectivity index (χ4v) is 2.46. The van der Waals surface area contributed by atoms with Gasteiger partial charge in [0.15, 0.2) is 5.82 Å². The van der Waals surface area contributed by atoms with E-state index in [4.69, 9.17) is 15.7 Å². The predicted molar refractivity (Wildman–Crippen MR) is 101 cm³/mol. The molecule has 1 aromatic heterocycles. The predicted octanol–water partition coefficient (Wildman–Crippen LogP) is 4.30. The number of halogens is 1. The lowest BCUT2D eigenvalue weighted by Crippen LogP contribution is -2.02. The molecule has 0 unspecified atom stereocenters. The molecule has 1 heterocycles. The summed E-state index contributed by atoms with van der Waals surface area (Å²) >= 11 is 0.